The molecule has 1 saturated heterocycles. The number of hydrogen-bond donors (Lipinski definition) is 3. The summed E-state index contributed by atoms with van der Waals surface area (Å²) >= 11 is 0. The Morgan fingerprint density at radius 3 is 2.57 bits per heavy atom. The van der Waals surface area contributed by atoms with Crippen LogP contribution in [0.2, 0.25) is 0 Å². The van der Waals surface area contributed by atoms with Gasteiger partial charge in [-0.1, -0.05) is 6.07 Å². The van der Waals surface area contributed by atoms with Crippen molar-refractivity contribution in [2.45, 2.75) is 6.54 Å². The van der Waals surface area contributed by atoms with Crippen molar-refractivity contribution >= 4 is 17.6 Å². The van der Waals surface area contributed by atoms with E-state index in [1.165, 1.54) is 0 Å². The van der Waals surface area contributed by atoms with Crippen molar-refractivity contribution in [2.75, 3.05) is 44.7 Å². The van der Waals surface area contributed by atoms with Crippen LogP contribution in [0.1, 0.15) is 15.9 Å². The molecule has 3 N–H and O–H groups in total. The number of nitrogens with zero attached hydrogens (tertiary/aromatic N) is 2. The normalized spacial score (nSPS) is 14.3. The zero-order valence-corrected chi connectivity index (χ0v) is 15.7. The van der Waals surface area contributed by atoms with Crippen LogP contribution in [0.4, 0.5) is 10.5 Å². The minimum absolute atomic E-state index is 0.124. The molecule has 0 aliphatic carbocycles. The molecule has 1 aromatic heterocycles. The van der Waals surface area contributed by atoms with Crippen LogP contribution < -0.4 is 16.0 Å². The van der Waals surface area contributed by atoms with E-state index < -0.39 is 0 Å². The summed E-state index contributed by atoms with van der Waals surface area (Å²) in [7, 11) is 0. The topological polar surface area (TPSA) is 95.6 Å². The van der Waals surface area contributed by atoms with Crippen LogP contribution in [0, 0.1) is 0 Å². The summed E-state index contributed by atoms with van der Waals surface area (Å²) < 4.78 is 5.31. The molecule has 2 aromatic rings. The second kappa shape index (κ2) is 10.4. The van der Waals surface area contributed by atoms with Crippen molar-refractivity contribution in [1.82, 2.24) is 20.5 Å². The molecule has 0 unspecified atom stereocenters. The van der Waals surface area contributed by atoms with E-state index in [2.05, 4.69) is 25.8 Å². The first-order chi connectivity index (χ1) is 13.7. The van der Waals surface area contributed by atoms with Crippen molar-refractivity contribution in [2.24, 2.45) is 0 Å². The zero-order chi connectivity index (χ0) is 19.6. The Kier molecular flexibility index (Phi) is 7.34. The number of urea groups is 1. The Labute approximate surface area is 164 Å². The number of aromatic nitrogens is 1. The third kappa shape index (κ3) is 6.33. The van der Waals surface area contributed by atoms with E-state index in [9.17, 15) is 9.59 Å². The number of hydrogen-bond acceptors (Lipinski definition) is 5. The SMILES string of the molecule is O=C(NCc1cccnc1)Nc1ccc(C(=O)NCCN2CCOCC2)cc1. The van der Waals surface area contributed by atoms with E-state index in [-0.39, 0.29) is 11.9 Å². The number of rotatable bonds is 7. The molecule has 1 aliphatic heterocycles. The number of pyridine rings is 1. The summed E-state index contributed by atoms with van der Waals surface area (Å²) in [5, 5.41) is 8.42. The monoisotopic (exact) mass is 383 g/mol. The van der Waals surface area contributed by atoms with Crippen LogP contribution >= 0.6 is 0 Å². The molecular formula is C20H25N5O3. The number of ether oxygens (including phenoxy) is 1. The smallest absolute Gasteiger partial charge is 0.319 e. The Morgan fingerprint density at radius 1 is 1.07 bits per heavy atom. The second-order valence-electron chi connectivity index (χ2n) is 6.46. The number of carbonyl (C=O) groups is 2. The van der Waals surface area contributed by atoms with Gasteiger partial charge in [-0.25, -0.2) is 4.79 Å². The van der Waals surface area contributed by atoms with E-state index in [0.717, 1.165) is 38.4 Å². The van der Waals surface area contributed by atoms with Crippen LogP contribution in [-0.2, 0) is 11.3 Å². The highest BCUT2D eigenvalue weighted by atomic mass is 16.5. The van der Waals surface area contributed by atoms with Crippen molar-refractivity contribution in [3.63, 3.8) is 0 Å². The average Bonchev–Trinajstić information content (AvgIpc) is 2.74. The third-order valence-electron chi connectivity index (χ3n) is 4.40. The van der Waals surface area contributed by atoms with Crippen LogP contribution in [-0.4, -0.2) is 61.2 Å². The molecule has 0 bridgehead atoms. The third-order valence-corrected chi connectivity index (χ3v) is 4.40. The molecule has 148 valence electrons. The summed E-state index contributed by atoms with van der Waals surface area (Å²) in [6.07, 6.45) is 3.39. The fraction of sp³-hybridized carbons (Fsp3) is 0.350. The van der Waals surface area contributed by atoms with Crippen molar-refractivity contribution < 1.29 is 14.3 Å². The summed E-state index contributed by atoms with van der Waals surface area (Å²) in [4.78, 5) is 30.4. The van der Waals surface area contributed by atoms with Gasteiger partial charge in [0.05, 0.1) is 13.2 Å². The fourth-order valence-corrected chi connectivity index (χ4v) is 2.82. The number of carbonyl (C=O) groups excluding carboxylic acids is 2. The molecular weight excluding hydrogens is 358 g/mol. The minimum Gasteiger partial charge on any atom is -0.379 e. The van der Waals surface area contributed by atoms with Crippen LogP contribution in [0.3, 0.4) is 0 Å². The van der Waals surface area contributed by atoms with Gasteiger partial charge in [-0.3, -0.25) is 14.7 Å². The standard InChI is InChI=1S/C20H25N5O3/c26-19(22-8-9-25-10-12-28-13-11-25)17-3-5-18(6-4-17)24-20(27)23-15-16-2-1-7-21-14-16/h1-7,14H,8-13,15H2,(H,22,26)(H2,23,24,27). The molecule has 0 saturated carbocycles. The summed E-state index contributed by atoms with van der Waals surface area (Å²) in [6, 6.07) is 10.2. The highest BCUT2D eigenvalue weighted by Gasteiger charge is 2.11. The number of benzene rings is 1. The fourth-order valence-electron chi connectivity index (χ4n) is 2.82. The molecule has 3 rings (SSSR count). The lowest BCUT2D eigenvalue weighted by atomic mass is 10.2. The first-order valence-corrected chi connectivity index (χ1v) is 9.33. The lowest BCUT2D eigenvalue weighted by molar-refractivity contribution is 0.0383. The first-order valence-electron chi connectivity index (χ1n) is 9.33. The van der Waals surface area contributed by atoms with Gasteiger partial charge in [0.2, 0.25) is 0 Å². The minimum atomic E-state index is -0.313. The van der Waals surface area contributed by atoms with Gasteiger partial charge in [0, 0.05) is 56.4 Å². The van der Waals surface area contributed by atoms with E-state index in [1.807, 2.05) is 12.1 Å². The molecule has 2 heterocycles. The van der Waals surface area contributed by atoms with Gasteiger partial charge in [0.15, 0.2) is 0 Å². The Bertz CT molecular complexity index is 761. The predicted molar refractivity (Wildman–Crippen MR) is 106 cm³/mol. The maximum absolute atomic E-state index is 12.2. The highest BCUT2D eigenvalue weighted by molar-refractivity contribution is 5.95. The van der Waals surface area contributed by atoms with Gasteiger partial charge in [-0.05, 0) is 35.9 Å². The quantitative estimate of drug-likeness (QED) is 0.673. The maximum Gasteiger partial charge on any atom is 0.319 e. The molecule has 8 heteroatoms. The molecule has 0 spiro atoms. The number of nitrogens with one attached hydrogen (secondary N) is 3. The lowest BCUT2D eigenvalue weighted by Gasteiger charge is -2.26. The molecule has 1 aromatic carbocycles. The van der Waals surface area contributed by atoms with Gasteiger partial charge in [-0.15, -0.1) is 0 Å². The number of amides is 3. The molecule has 0 atom stereocenters. The van der Waals surface area contributed by atoms with Gasteiger partial charge >= 0.3 is 6.03 Å². The van der Waals surface area contributed by atoms with Crippen molar-refractivity contribution in [3.05, 3.63) is 59.9 Å². The highest BCUT2D eigenvalue weighted by Crippen LogP contribution is 2.09. The molecule has 28 heavy (non-hydrogen) atoms. The molecule has 1 fully saturated rings. The Hall–Kier alpha value is -2.97. The first kappa shape index (κ1) is 19.8. The van der Waals surface area contributed by atoms with Gasteiger partial charge in [0.25, 0.3) is 5.91 Å². The van der Waals surface area contributed by atoms with Crippen molar-refractivity contribution in [3.8, 4) is 0 Å². The molecule has 8 nitrogen and oxygen atoms in total. The molecule has 1 aliphatic rings. The van der Waals surface area contributed by atoms with E-state index >= 15 is 0 Å². The second-order valence-corrected chi connectivity index (χ2v) is 6.46. The average molecular weight is 383 g/mol. The Balaban J connectivity index is 1.39. The van der Waals surface area contributed by atoms with Gasteiger partial charge in [-0.2, -0.15) is 0 Å². The molecule has 0 radical (unpaired) electrons. The van der Waals surface area contributed by atoms with E-state index in [0.29, 0.717) is 24.3 Å². The Morgan fingerprint density at radius 2 is 1.86 bits per heavy atom. The lowest BCUT2D eigenvalue weighted by Crippen LogP contribution is -2.41. The van der Waals surface area contributed by atoms with Crippen LogP contribution in [0.25, 0.3) is 0 Å². The largest absolute Gasteiger partial charge is 0.379 e. The summed E-state index contributed by atoms with van der Waals surface area (Å²) in [5.74, 6) is -0.124. The predicted octanol–water partition coefficient (Wildman–Crippen LogP) is 1.47. The summed E-state index contributed by atoms with van der Waals surface area (Å²) in [5.41, 5.74) is 2.10. The van der Waals surface area contributed by atoms with Crippen molar-refractivity contribution in [1.29, 1.82) is 0 Å². The summed E-state index contributed by atoms with van der Waals surface area (Å²) in [6.45, 7) is 5.10. The van der Waals surface area contributed by atoms with E-state index in [4.69, 9.17) is 4.74 Å². The van der Waals surface area contributed by atoms with Crippen LogP contribution in [0.15, 0.2) is 48.8 Å². The van der Waals surface area contributed by atoms with Crippen LogP contribution in [0.5, 0.6) is 0 Å². The van der Waals surface area contributed by atoms with Gasteiger partial charge in [0.1, 0.15) is 0 Å². The van der Waals surface area contributed by atoms with E-state index in [1.54, 1.807) is 36.7 Å². The maximum atomic E-state index is 12.2. The number of morpholine rings is 1. The zero-order valence-electron chi connectivity index (χ0n) is 15.7. The molecule has 3 amide bonds. The number of anilines is 1. The van der Waals surface area contributed by atoms with Gasteiger partial charge < -0.3 is 20.7 Å².